The molecule has 5 rings (SSSR count). The van der Waals surface area contributed by atoms with Gasteiger partial charge in [-0.3, -0.25) is 14.5 Å². The summed E-state index contributed by atoms with van der Waals surface area (Å²) in [5.41, 5.74) is 5.57. The van der Waals surface area contributed by atoms with Crippen LogP contribution in [0.5, 0.6) is 0 Å². The Hall–Kier alpha value is -4.34. The van der Waals surface area contributed by atoms with E-state index in [0.29, 0.717) is 12.2 Å². The van der Waals surface area contributed by atoms with Gasteiger partial charge in [0.1, 0.15) is 0 Å². The molecule has 1 aliphatic heterocycles. The highest BCUT2D eigenvalue weighted by molar-refractivity contribution is 5.95. The summed E-state index contributed by atoms with van der Waals surface area (Å²) in [6.45, 7) is 7.10. The zero-order valence-corrected chi connectivity index (χ0v) is 26.5. The number of esters is 1. The topological polar surface area (TPSA) is 97.3 Å². The zero-order chi connectivity index (χ0) is 32.5. The fourth-order valence-corrected chi connectivity index (χ4v) is 5.76. The Kier molecular flexibility index (Phi) is 11.3. The van der Waals surface area contributed by atoms with Crippen LogP contribution in [0.3, 0.4) is 0 Å². The maximum Gasteiger partial charge on any atom is 0.303 e. The first-order valence-electron chi connectivity index (χ1n) is 15.7. The van der Waals surface area contributed by atoms with Crippen LogP contribution in [0.1, 0.15) is 61.0 Å². The molecule has 4 aromatic rings. The molecule has 0 aromatic heterocycles. The van der Waals surface area contributed by atoms with Crippen LogP contribution in [0.15, 0.2) is 109 Å². The van der Waals surface area contributed by atoms with Crippen molar-refractivity contribution in [3.8, 4) is 0 Å². The summed E-state index contributed by atoms with van der Waals surface area (Å²) in [6.07, 6.45) is -2.12. The van der Waals surface area contributed by atoms with E-state index < -0.39 is 24.3 Å². The number of nitrogens with one attached hydrogen (secondary N) is 1. The third-order valence-corrected chi connectivity index (χ3v) is 8.20. The summed E-state index contributed by atoms with van der Waals surface area (Å²) in [5.74, 6) is -0.950. The molecule has 46 heavy (non-hydrogen) atoms. The smallest absolute Gasteiger partial charge is 0.303 e. The van der Waals surface area contributed by atoms with Gasteiger partial charge >= 0.3 is 5.97 Å². The van der Waals surface area contributed by atoms with Gasteiger partial charge < -0.3 is 24.6 Å². The molecule has 2 N–H and O–H groups in total. The van der Waals surface area contributed by atoms with Gasteiger partial charge in [0.05, 0.1) is 18.8 Å². The number of hydrogen-bond acceptors (Lipinski definition) is 7. The van der Waals surface area contributed by atoms with Crippen LogP contribution in [0.4, 0.5) is 5.69 Å². The quantitative estimate of drug-likeness (QED) is 0.173. The van der Waals surface area contributed by atoms with Crippen molar-refractivity contribution in [2.45, 2.75) is 65.1 Å². The first kappa shape index (κ1) is 33.0. The van der Waals surface area contributed by atoms with Gasteiger partial charge in [0.15, 0.2) is 12.4 Å². The molecule has 0 bridgehead atoms. The average molecular weight is 623 g/mol. The highest BCUT2D eigenvalue weighted by Crippen LogP contribution is 2.42. The normalized spacial score (nSPS) is 20.2. The molecule has 240 valence electrons. The molecule has 5 unspecified atom stereocenters. The number of amides is 1. The second-order valence-corrected chi connectivity index (χ2v) is 11.8. The Balaban J connectivity index is 1.43. The van der Waals surface area contributed by atoms with Crippen LogP contribution in [-0.4, -0.2) is 40.6 Å². The SMILES string of the molecule is CC(=O)OC(C)C(=O)Nc1cccc(C2OC(CN(Cc3ccccc3)Cc3ccccc3)C(C)C(c3ccc(CO)cc3)O2)c1. The largest absolute Gasteiger partial charge is 0.453 e. The van der Waals surface area contributed by atoms with Crippen molar-refractivity contribution in [1.82, 2.24) is 4.90 Å². The first-order chi connectivity index (χ1) is 22.3. The third-order valence-electron chi connectivity index (χ3n) is 8.20. The molecule has 0 radical (unpaired) electrons. The number of benzene rings is 4. The zero-order valence-electron chi connectivity index (χ0n) is 26.5. The molecule has 8 heteroatoms. The minimum Gasteiger partial charge on any atom is -0.453 e. The number of carbonyl (C=O) groups is 2. The second kappa shape index (κ2) is 15.8. The molecule has 8 nitrogen and oxygen atoms in total. The lowest BCUT2D eigenvalue weighted by Gasteiger charge is -2.43. The van der Waals surface area contributed by atoms with E-state index in [4.69, 9.17) is 14.2 Å². The highest BCUT2D eigenvalue weighted by Gasteiger charge is 2.39. The lowest BCUT2D eigenvalue weighted by Crippen LogP contribution is -2.44. The van der Waals surface area contributed by atoms with Crippen molar-refractivity contribution in [3.63, 3.8) is 0 Å². The minimum absolute atomic E-state index is 0.00209. The van der Waals surface area contributed by atoms with Crippen LogP contribution in [-0.2, 0) is 43.5 Å². The Bertz CT molecular complexity index is 1520. The number of aliphatic hydroxyl groups is 1. The van der Waals surface area contributed by atoms with Crippen LogP contribution in [0, 0.1) is 5.92 Å². The van der Waals surface area contributed by atoms with E-state index in [0.717, 1.165) is 29.8 Å². The summed E-state index contributed by atoms with van der Waals surface area (Å²) in [7, 11) is 0. The van der Waals surface area contributed by atoms with E-state index >= 15 is 0 Å². The van der Waals surface area contributed by atoms with Gasteiger partial charge in [0.2, 0.25) is 0 Å². The molecular formula is C38H42N2O6. The molecule has 1 heterocycles. The fraction of sp³-hybridized carbons (Fsp3) is 0.316. The van der Waals surface area contributed by atoms with E-state index in [-0.39, 0.29) is 24.7 Å². The van der Waals surface area contributed by atoms with E-state index in [1.807, 2.05) is 54.6 Å². The van der Waals surface area contributed by atoms with E-state index in [1.54, 1.807) is 6.07 Å². The number of nitrogens with zero attached hydrogens (tertiary/aromatic N) is 1. The Morgan fingerprint density at radius 3 is 2.04 bits per heavy atom. The molecule has 4 aromatic carbocycles. The van der Waals surface area contributed by atoms with Crippen molar-refractivity contribution in [1.29, 1.82) is 0 Å². The lowest BCUT2D eigenvalue weighted by atomic mass is 9.89. The highest BCUT2D eigenvalue weighted by atomic mass is 16.7. The fourth-order valence-electron chi connectivity index (χ4n) is 5.76. The molecule has 1 saturated heterocycles. The van der Waals surface area contributed by atoms with Crippen molar-refractivity contribution in [2.24, 2.45) is 5.92 Å². The average Bonchev–Trinajstić information content (AvgIpc) is 3.06. The monoisotopic (exact) mass is 622 g/mol. The van der Waals surface area contributed by atoms with E-state index in [1.165, 1.54) is 25.0 Å². The van der Waals surface area contributed by atoms with E-state index in [9.17, 15) is 14.7 Å². The number of carbonyl (C=O) groups excluding carboxylic acids is 2. The van der Waals surface area contributed by atoms with Gasteiger partial charge in [-0.25, -0.2) is 0 Å². The van der Waals surface area contributed by atoms with Crippen molar-refractivity contribution in [3.05, 3.63) is 137 Å². The molecule has 0 aliphatic carbocycles. The van der Waals surface area contributed by atoms with Crippen LogP contribution >= 0.6 is 0 Å². The number of ether oxygens (including phenoxy) is 3. The lowest BCUT2D eigenvalue weighted by molar-refractivity contribution is -0.276. The van der Waals surface area contributed by atoms with Crippen molar-refractivity contribution >= 4 is 17.6 Å². The van der Waals surface area contributed by atoms with Crippen molar-refractivity contribution in [2.75, 3.05) is 11.9 Å². The summed E-state index contributed by atoms with van der Waals surface area (Å²) in [6, 6.07) is 36.1. The van der Waals surface area contributed by atoms with Gasteiger partial charge in [-0.2, -0.15) is 0 Å². The van der Waals surface area contributed by atoms with Gasteiger partial charge in [0.25, 0.3) is 5.91 Å². The first-order valence-corrected chi connectivity index (χ1v) is 15.7. The predicted octanol–water partition coefficient (Wildman–Crippen LogP) is 6.56. The van der Waals surface area contributed by atoms with Gasteiger partial charge in [-0.15, -0.1) is 0 Å². The standard InChI is InChI=1S/C38H42N2O6/c1-26-35(24-40(22-29-11-6-4-7-12-29)23-30-13-8-5-9-14-30)45-38(46-36(26)32-19-17-31(25-41)18-20-32)33-15-10-16-34(21-33)39-37(43)27(2)44-28(3)42/h4-21,26-27,35-36,38,41H,22-25H2,1-3H3,(H,39,43). The number of hydrogen-bond donors (Lipinski definition) is 2. The maximum atomic E-state index is 12.7. The summed E-state index contributed by atoms with van der Waals surface area (Å²) in [5, 5.41) is 12.4. The Morgan fingerprint density at radius 1 is 0.826 bits per heavy atom. The van der Waals surface area contributed by atoms with Crippen LogP contribution < -0.4 is 5.32 Å². The summed E-state index contributed by atoms with van der Waals surface area (Å²) >= 11 is 0. The molecule has 0 saturated carbocycles. The maximum absolute atomic E-state index is 12.7. The number of aliphatic hydroxyl groups excluding tert-OH is 1. The summed E-state index contributed by atoms with van der Waals surface area (Å²) < 4.78 is 18.5. The Morgan fingerprint density at radius 2 is 1.46 bits per heavy atom. The van der Waals surface area contributed by atoms with Gasteiger partial charge in [-0.05, 0) is 41.3 Å². The van der Waals surface area contributed by atoms with Crippen LogP contribution in [0.2, 0.25) is 0 Å². The molecule has 1 aliphatic rings. The summed E-state index contributed by atoms with van der Waals surface area (Å²) in [4.78, 5) is 26.4. The van der Waals surface area contributed by atoms with Crippen LogP contribution in [0.25, 0.3) is 0 Å². The predicted molar refractivity (Wildman–Crippen MR) is 176 cm³/mol. The number of anilines is 1. The molecule has 5 atom stereocenters. The second-order valence-electron chi connectivity index (χ2n) is 11.8. The third kappa shape index (κ3) is 8.89. The van der Waals surface area contributed by atoms with Crippen molar-refractivity contribution < 1.29 is 28.9 Å². The minimum atomic E-state index is -0.931. The molecule has 1 amide bonds. The number of rotatable bonds is 12. The molecular weight excluding hydrogens is 580 g/mol. The van der Waals surface area contributed by atoms with Gasteiger partial charge in [-0.1, -0.05) is 104 Å². The molecule has 1 fully saturated rings. The van der Waals surface area contributed by atoms with E-state index in [2.05, 4.69) is 65.7 Å². The Labute approximate surface area is 270 Å². The van der Waals surface area contributed by atoms with Gasteiger partial charge in [0, 0.05) is 43.7 Å². The molecule has 0 spiro atoms.